The highest BCUT2D eigenvalue weighted by molar-refractivity contribution is 7.45. The van der Waals surface area contributed by atoms with E-state index in [1.54, 1.807) is 6.92 Å². The number of unbranched alkanes of at least 4 members (excludes halogenated alkanes) is 19. The van der Waals surface area contributed by atoms with E-state index in [0.717, 1.165) is 25.7 Å². The zero-order chi connectivity index (χ0) is 31.9. The summed E-state index contributed by atoms with van der Waals surface area (Å²) in [6.07, 6.45) is 28.3. The molecule has 0 aromatic carbocycles. The van der Waals surface area contributed by atoms with Gasteiger partial charge in [0.2, 0.25) is 0 Å². The largest absolute Gasteiger partial charge is 0.756 e. The molecule has 0 N–H and O–H groups in total. The number of quaternary nitrogens is 1. The molecule has 1 fully saturated rings. The summed E-state index contributed by atoms with van der Waals surface area (Å²) < 4.78 is 29.4. The quantitative estimate of drug-likeness (QED) is 0.0354. The van der Waals surface area contributed by atoms with Crippen LogP contribution in [0.15, 0.2) is 0 Å². The molecule has 0 aromatic rings. The number of hydrogen-bond acceptors (Lipinski definition) is 6. The lowest BCUT2D eigenvalue weighted by atomic mass is 9.79. The van der Waals surface area contributed by atoms with Crippen molar-refractivity contribution in [2.75, 3.05) is 40.9 Å². The third-order valence-electron chi connectivity index (χ3n) is 9.13. The van der Waals surface area contributed by atoms with E-state index < -0.39 is 19.3 Å². The number of carbonyl (C=O) groups is 1. The van der Waals surface area contributed by atoms with Gasteiger partial charge < -0.3 is 23.2 Å². The standard InChI is InChI=1S/C35H70NO6P/c1-6-8-9-10-11-12-13-14-15-16-17-18-19-20-21-22-23-24-25-26-29-35(34(37)40-7-2)30-27-28-33(35)42-43(38,39)41-32-31-36(3,4)5/h33H,6-32H2,1-5H3/t33-,35-/m1/s1. The smallest absolute Gasteiger partial charge is 0.314 e. The van der Waals surface area contributed by atoms with Crippen molar-refractivity contribution >= 4 is 13.8 Å². The molecule has 0 aromatic heterocycles. The van der Waals surface area contributed by atoms with Gasteiger partial charge >= 0.3 is 5.97 Å². The zero-order valence-corrected chi connectivity index (χ0v) is 29.9. The summed E-state index contributed by atoms with van der Waals surface area (Å²) in [7, 11) is 1.41. The molecule has 0 aliphatic heterocycles. The second-order valence-electron chi connectivity index (χ2n) is 14.1. The van der Waals surface area contributed by atoms with Crippen molar-refractivity contribution in [2.45, 2.75) is 174 Å². The molecule has 0 heterocycles. The maximum absolute atomic E-state index is 13.1. The highest BCUT2D eigenvalue weighted by Crippen LogP contribution is 2.52. The summed E-state index contributed by atoms with van der Waals surface area (Å²) in [6, 6.07) is 0. The Morgan fingerprint density at radius 1 is 0.767 bits per heavy atom. The first kappa shape index (κ1) is 40.6. The fraction of sp³-hybridized carbons (Fsp3) is 0.971. The second-order valence-corrected chi connectivity index (χ2v) is 15.5. The molecule has 3 atom stereocenters. The first-order valence-electron chi connectivity index (χ1n) is 18.2. The van der Waals surface area contributed by atoms with Gasteiger partial charge in [-0.05, 0) is 32.6 Å². The molecule has 0 spiro atoms. The van der Waals surface area contributed by atoms with Crippen molar-refractivity contribution in [1.82, 2.24) is 0 Å². The van der Waals surface area contributed by atoms with Crippen LogP contribution < -0.4 is 4.89 Å². The van der Waals surface area contributed by atoms with Crippen molar-refractivity contribution in [1.29, 1.82) is 0 Å². The zero-order valence-electron chi connectivity index (χ0n) is 29.0. The monoisotopic (exact) mass is 631 g/mol. The Bertz CT molecular complexity index is 742. The molecule has 1 aliphatic carbocycles. The molecule has 7 nitrogen and oxygen atoms in total. The van der Waals surface area contributed by atoms with Crippen LogP contribution in [0.25, 0.3) is 0 Å². The van der Waals surface area contributed by atoms with Crippen LogP contribution >= 0.6 is 7.82 Å². The molecule has 43 heavy (non-hydrogen) atoms. The minimum absolute atomic E-state index is 0.0583. The Kier molecular flexibility index (Phi) is 22.5. The lowest BCUT2D eigenvalue weighted by Gasteiger charge is -2.36. The predicted octanol–water partition coefficient (Wildman–Crippen LogP) is 9.51. The average Bonchev–Trinajstić information content (AvgIpc) is 3.33. The molecule has 8 heteroatoms. The topological polar surface area (TPSA) is 84.9 Å². The molecule has 0 bridgehead atoms. The van der Waals surface area contributed by atoms with Gasteiger partial charge in [0.05, 0.1) is 39.3 Å². The Balaban J connectivity index is 2.19. The maximum Gasteiger partial charge on any atom is 0.314 e. The van der Waals surface area contributed by atoms with Gasteiger partial charge in [-0.1, -0.05) is 135 Å². The maximum atomic E-state index is 13.1. The van der Waals surface area contributed by atoms with Gasteiger partial charge in [-0.2, -0.15) is 0 Å². The Hall–Kier alpha value is -0.460. The highest BCUT2D eigenvalue weighted by Gasteiger charge is 2.51. The first-order chi connectivity index (χ1) is 20.6. The van der Waals surface area contributed by atoms with Gasteiger partial charge in [0.1, 0.15) is 13.2 Å². The van der Waals surface area contributed by atoms with Crippen molar-refractivity contribution in [2.24, 2.45) is 5.41 Å². The van der Waals surface area contributed by atoms with Crippen LogP contribution in [0.5, 0.6) is 0 Å². The summed E-state index contributed by atoms with van der Waals surface area (Å²) in [4.78, 5) is 25.7. The third-order valence-corrected chi connectivity index (χ3v) is 10.1. The van der Waals surface area contributed by atoms with E-state index in [1.807, 2.05) is 21.1 Å². The fourth-order valence-electron chi connectivity index (χ4n) is 6.40. The third kappa shape index (κ3) is 19.6. The van der Waals surface area contributed by atoms with Gasteiger partial charge in [0, 0.05) is 0 Å². The van der Waals surface area contributed by atoms with E-state index in [1.165, 1.54) is 109 Å². The Morgan fingerprint density at radius 2 is 1.21 bits per heavy atom. The molecule has 1 aliphatic rings. The minimum atomic E-state index is -4.51. The molecule has 0 radical (unpaired) electrons. The SMILES string of the molecule is CCCCCCCCCCCCCCCCCCCCCC[C@@]1(C(=O)OCC)CCC[C@H]1OP(=O)([O-])OCC[N+](C)(C)C. The average molecular weight is 632 g/mol. The Labute approximate surface area is 266 Å². The number of rotatable bonds is 29. The van der Waals surface area contributed by atoms with E-state index in [0.29, 0.717) is 30.3 Å². The van der Waals surface area contributed by atoms with Gasteiger partial charge in [-0.15, -0.1) is 0 Å². The summed E-state index contributed by atoms with van der Waals surface area (Å²) in [5.74, 6) is -0.318. The van der Waals surface area contributed by atoms with Gasteiger partial charge in [-0.3, -0.25) is 9.36 Å². The van der Waals surface area contributed by atoms with Gasteiger partial charge in [0.15, 0.2) is 0 Å². The van der Waals surface area contributed by atoms with Crippen LogP contribution in [0.1, 0.15) is 168 Å². The number of phosphoric acid groups is 1. The fourth-order valence-corrected chi connectivity index (χ4v) is 7.38. The number of nitrogens with zero attached hydrogens (tertiary/aromatic N) is 1. The van der Waals surface area contributed by atoms with Crippen molar-refractivity contribution < 1.29 is 32.5 Å². The predicted molar refractivity (Wildman–Crippen MR) is 177 cm³/mol. The molecule has 1 saturated carbocycles. The van der Waals surface area contributed by atoms with E-state index in [9.17, 15) is 14.3 Å². The van der Waals surface area contributed by atoms with Gasteiger partial charge in [-0.25, -0.2) is 0 Å². The van der Waals surface area contributed by atoms with Crippen LogP contribution in [0, 0.1) is 5.41 Å². The molecule has 1 rings (SSSR count). The number of esters is 1. The minimum Gasteiger partial charge on any atom is -0.756 e. The summed E-state index contributed by atoms with van der Waals surface area (Å²) in [6.45, 7) is 4.96. The van der Waals surface area contributed by atoms with E-state index in [4.69, 9.17) is 13.8 Å². The number of carbonyl (C=O) groups excluding carboxylic acids is 1. The number of hydrogen-bond donors (Lipinski definition) is 0. The second kappa shape index (κ2) is 23.8. The molecule has 1 unspecified atom stereocenters. The van der Waals surface area contributed by atoms with E-state index in [-0.39, 0.29) is 19.2 Å². The normalized spacial score (nSPS) is 20.4. The Morgan fingerprint density at radius 3 is 1.63 bits per heavy atom. The van der Waals surface area contributed by atoms with Crippen LogP contribution in [-0.2, 0) is 23.1 Å². The van der Waals surface area contributed by atoms with Crippen LogP contribution in [0.2, 0.25) is 0 Å². The van der Waals surface area contributed by atoms with Crippen molar-refractivity contribution in [3.63, 3.8) is 0 Å². The molecular weight excluding hydrogens is 561 g/mol. The van der Waals surface area contributed by atoms with Crippen LogP contribution in [0.4, 0.5) is 0 Å². The first-order valence-corrected chi connectivity index (χ1v) is 19.6. The molecule has 0 saturated heterocycles. The summed E-state index contributed by atoms with van der Waals surface area (Å²) in [5.41, 5.74) is -0.895. The van der Waals surface area contributed by atoms with E-state index in [2.05, 4.69) is 6.92 Å². The van der Waals surface area contributed by atoms with Crippen LogP contribution in [-0.4, -0.2) is 57.5 Å². The van der Waals surface area contributed by atoms with Crippen molar-refractivity contribution in [3.05, 3.63) is 0 Å². The molecule has 0 amide bonds. The lowest BCUT2D eigenvalue weighted by Crippen LogP contribution is -2.42. The highest BCUT2D eigenvalue weighted by atomic mass is 31.2. The number of phosphoric ester groups is 1. The number of ether oxygens (including phenoxy) is 1. The van der Waals surface area contributed by atoms with Crippen molar-refractivity contribution in [3.8, 4) is 0 Å². The number of likely N-dealkylation sites (N-methyl/N-ethyl adjacent to an activating group) is 1. The molecular formula is C35H70NO6P. The van der Waals surface area contributed by atoms with Gasteiger partial charge in [0.25, 0.3) is 7.82 Å². The summed E-state index contributed by atoms with van der Waals surface area (Å²) >= 11 is 0. The lowest BCUT2D eigenvalue weighted by molar-refractivity contribution is -0.870. The van der Waals surface area contributed by atoms with E-state index >= 15 is 0 Å². The summed E-state index contributed by atoms with van der Waals surface area (Å²) in [5, 5.41) is 0. The van der Waals surface area contributed by atoms with Crippen LogP contribution in [0.3, 0.4) is 0 Å². The molecule has 256 valence electrons.